The van der Waals surface area contributed by atoms with E-state index in [2.05, 4.69) is 4.98 Å². The van der Waals surface area contributed by atoms with Crippen LogP contribution >= 0.6 is 11.3 Å². The van der Waals surface area contributed by atoms with Crippen molar-refractivity contribution < 1.29 is 33.6 Å². The van der Waals surface area contributed by atoms with E-state index in [0.717, 1.165) is 10.3 Å². The van der Waals surface area contributed by atoms with Gasteiger partial charge in [0.05, 0.1) is 30.0 Å². The van der Waals surface area contributed by atoms with Crippen LogP contribution in [0.3, 0.4) is 0 Å². The Balaban J connectivity index is 1.30. The SMILES string of the molecule is COc1ccc(C[C@@H]2COc3ccc(OCc4nc5cc(F)ccc5s4)cc3[C@H]2O)cc1C(=O)O. The summed E-state index contributed by atoms with van der Waals surface area (Å²) in [4.78, 5) is 15.9. The fraction of sp³-hybridized carbons (Fsp3) is 0.231. The lowest BCUT2D eigenvalue weighted by molar-refractivity contribution is 0.0504. The van der Waals surface area contributed by atoms with Crippen LogP contribution in [0, 0.1) is 11.7 Å². The number of carboxylic acids is 1. The average Bonchev–Trinajstić information content (AvgIpc) is 3.26. The Morgan fingerprint density at radius 2 is 2.06 bits per heavy atom. The molecule has 0 spiro atoms. The van der Waals surface area contributed by atoms with Gasteiger partial charge in [-0.2, -0.15) is 0 Å². The van der Waals surface area contributed by atoms with Crippen molar-refractivity contribution >= 4 is 27.5 Å². The van der Waals surface area contributed by atoms with E-state index in [-0.39, 0.29) is 29.7 Å². The molecular formula is C26H22FNO6S. The number of hydrogen-bond acceptors (Lipinski definition) is 7. The summed E-state index contributed by atoms with van der Waals surface area (Å²) in [6.45, 7) is 0.509. The number of methoxy groups -OCH3 is 1. The minimum atomic E-state index is -1.07. The van der Waals surface area contributed by atoms with Crippen molar-refractivity contribution in [1.82, 2.24) is 4.98 Å². The quantitative estimate of drug-likeness (QED) is 0.372. The molecule has 0 fully saturated rings. The van der Waals surface area contributed by atoms with Gasteiger partial charge in [-0.25, -0.2) is 14.2 Å². The fourth-order valence-electron chi connectivity index (χ4n) is 4.20. The summed E-state index contributed by atoms with van der Waals surface area (Å²) in [7, 11) is 1.42. The van der Waals surface area contributed by atoms with Gasteiger partial charge in [-0.3, -0.25) is 0 Å². The number of aromatic carboxylic acids is 1. The lowest BCUT2D eigenvalue weighted by Crippen LogP contribution is -2.27. The summed E-state index contributed by atoms with van der Waals surface area (Å²) in [6.07, 6.45) is -0.388. The van der Waals surface area contributed by atoms with E-state index in [1.54, 1.807) is 42.5 Å². The van der Waals surface area contributed by atoms with Gasteiger partial charge in [0.15, 0.2) is 0 Å². The number of aromatic nitrogens is 1. The first-order chi connectivity index (χ1) is 16.9. The van der Waals surface area contributed by atoms with Crippen molar-refractivity contribution in [3.05, 3.63) is 82.1 Å². The van der Waals surface area contributed by atoms with Crippen molar-refractivity contribution in [2.75, 3.05) is 13.7 Å². The second-order valence-electron chi connectivity index (χ2n) is 8.27. The molecule has 4 aromatic rings. The zero-order valence-electron chi connectivity index (χ0n) is 18.7. The van der Waals surface area contributed by atoms with Gasteiger partial charge < -0.3 is 24.4 Å². The number of rotatable bonds is 7. The molecule has 2 N–H and O–H groups in total. The Morgan fingerprint density at radius 1 is 1.20 bits per heavy atom. The first-order valence-corrected chi connectivity index (χ1v) is 11.8. The van der Waals surface area contributed by atoms with E-state index < -0.39 is 12.1 Å². The molecule has 0 radical (unpaired) electrons. The summed E-state index contributed by atoms with van der Waals surface area (Å²) < 4.78 is 31.2. The summed E-state index contributed by atoms with van der Waals surface area (Å²) >= 11 is 1.43. The van der Waals surface area contributed by atoms with Crippen LogP contribution in [0.2, 0.25) is 0 Å². The number of ether oxygens (including phenoxy) is 3. The molecule has 0 unspecified atom stereocenters. The predicted molar refractivity (Wildman–Crippen MR) is 128 cm³/mol. The smallest absolute Gasteiger partial charge is 0.339 e. The first kappa shape index (κ1) is 23.1. The Morgan fingerprint density at radius 3 is 2.86 bits per heavy atom. The second-order valence-corrected chi connectivity index (χ2v) is 9.38. The number of benzene rings is 3. The fourth-order valence-corrected chi connectivity index (χ4v) is 5.06. The molecule has 2 atom stereocenters. The van der Waals surface area contributed by atoms with Gasteiger partial charge in [0.2, 0.25) is 0 Å². The van der Waals surface area contributed by atoms with Crippen LogP contribution in [0.4, 0.5) is 4.39 Å². The van der Waals surface area contributed by atoms with Crippen LogP contribution < -0.4 is 14.2 Å². The molecule has 1 aliphatic heterocycles. The Hall–Kier alpha value is -3.69. The summed E-state index contributed by atoms with van der Waals surface area (Å²) in [5.41, 5.74) is 2.04. The van der Waals surface area contributed by atoms with Gasteiger partial charge in [0.25, 0.3) is 0 Å². The van der Waals surface area contributed by atoms with E-state index in [9.17, 15) is 19.4 Å². The average molecular weight is 496 g/mol. The van der Waals surface area contributed by atoms with Crippen LogP contribution in [0.5, 0.6) is 17.2 Å². The van der Waals surface area contributed by atoms with Crippen molar-refractivity contribution in [3.8, 4) is 17.2 Å². The van der Waals surface area contributed by atoms with Crippen LogP contribution in [0.15, 0.2) is 54.6 Å². The molecule has 0 saturated carbocycles. The van der Waals surface area contributed by atoms with E-state index in [1.165, 1.54) is 30.6 Å². The number of fused-ring (bicyclic) bond motifs is 2. The Kier molecular flexibility index (Phi) is 6.27. The molecule has 3 aromatic carbocycles. The third-order valence-corrected chi connectivity index (χ3v) is 6.96. The maximum Gasteiger partial charge on any atom is 0.339 e. The van der Waals surface area contributed by atoms with Crippen LogP contribution in [-0.2, 0) is 13.0 Å². The number of carbonyl (C=O) groups is 1. The molecule has 0 bridgehead atoms. The second kappa shape index (κ2) is 9.52. The molecule has 0 saturated heterocycles. The van der Waals surface area contributed by atoms with E-state index in [4.69, 9.17) is 14.2 Å². The van der Waals surface area contributed by atoms with Crippen molar-refractivity contribution in [3.63, 3.8) is 0 Å². The van der Waals surface area contributed by atoms with Gasteiger partial charge in [-0.05, 0) is 54.4 Å². The third-order valence-electron chi connectivity index (χ3n) is 5.95. The standard InChI is InChI=1S/C26H22FNO6S/c1-32-21-5-2-14(9-19(21)26(30)31)8-15-12-34-22-6-4-17(11-18(22)25(15)29)33-13-24-28-20-10-16(27)3-7-23(20)35-24/h2-7,9-11,15,25,29H,8,12-13H2,1H3,(H,30,31)/t15-,25+/m1/s1. The summed E-state index contributed by atoms with van der Waals surface area (Å²) in [6, 6.07) is 14.7. The van der Waals surface area contributed by atoms with Crippen LogP contribution in [0.25, 0.3) is 10.2 Å². The molecule has 9 heteroatoms. The lowest BCUT2D eigenvalue weighted by atomic mass is 9.87. The highest BCUT2D eigenvalue weighted by Crippen LogP contribution is 2.39. The molecular weight excluding hydrogens is 473 g/mol. The molecule has 35 heavy (non-hydrogen) atoms. The molecule has 5 rings (SSSR count). The number of hydrogen-bond donors (Lipinski definition) is 2. The highest BCUT2D eigenvalue weighted by Gasteiger charge is 2.30. The van der Waals surface area contributed by atoms with Crippen molar-refractivity contribution in [2.24, 2.45) is 5.92 Å². The van der Waals surface area contributed by atoms with Crippen molar-refractivity contribution in [1.29, 1.82) is 0 Å². The van der Waals surface area contributed by atoms with Crippen molar-refractivity contribution in [2.45, 2.75) is 19.1 Å². The van der Waals surface area contributed by atoms with E-state index in [0.29, 0.717) is 40.6 Å². The highest BCUT2D eigenvalue weighted by molar-refractivity contribution is 7.18. The Bertz CT molecular complexity index is 1400. The topological polar surface area (TPSA) is 98.1 Å². The molecule has 2 heterocycles. The van der Waals surface area contributed by atoms with Crippen LogP contribution in [0.1, 0.15) is 32.6 Å². The molecule has 1 aliphatic rings. The third kappa shape index (κ3) is 4.78. The maximum atomic E-state index is 13.4. The number of aliphatic hydroxyl groups is 1. The van der Waals surface area contributed by atoms with E-state index in [1.807, 2.05) is 0 Å². The predicted octanol–water partition coefficient (Wildman–Crippen LogP) is 5.01. The van der Waals surface area contributed by atoms with Gasteiger partial charge in [0, 0.05) is 17.5 Å². The monoisotopic (exact) mass is 495 g/mol. The highest BCUT2D eigenvalue weighted by atomic mass is 32.1. The normalized spacial score (nSPS) is 17.0. The summed E-state index contributed by atoms with van der Waals surface area (Å²) in [5, 5.41) is 21.2. The number of halogens is 1. The first-order valence-electron chi connectivity index (χ1n) is 10.9. The number of thiazole rings is 1. The number of carboxylic acid groups (broad SMARTS) is 1. The minimum Gasteiger partial charge on any atom is -0.496 e. The lowest BCUT2D eigenvalue weighted by Gasteiger charge is -2.30. The van der Waals surface area contributed by atoms with Gasteiger partial charge in [0.1, 0.15) is 40.2 Å². The number of nitrogens with zero attached hydrogens (tertiary/aromatic N) is 1. The summed E-state index contributed by atoms with van der Waals surface area (Å²) in [5.74, 6) is -0.261. The molecule has 0 amide bonds. The van der Waals surface area contributed by atoms with E-state index >= 15 is 0 Å². The minimum absolute atomic E-state index is 0.0740. The van der Waals surface area contributed by atoms with Gasteiger partial charge in [-0.1, -0.05) is 6.07 Å². The maximum absolute atomic E-state index is 13.4. The van der Waals surface area contributed by atoms with Crippen LogP contribution in [-0.4, -0.2) is 34.9 Å². The zero-order chi connectivity index (χ0) is 24.5. The number of aliphatic hydroxyl groups excluding tert-OH is 1. The molecule has 1 aromatic heterocycles. The van der Waals surface area contributed by atoms with Gasteiger partial charge in [-0.15, -0.1) is 11.3 Å². The Labute approximate surface area is 204 Å². The molecule has 180 valence electrons. The molecule has 7 nitrogen and oxygen atoms in total. The zero-order valence-corrected chi connectivity index (χ0v) is 19.5. The molecule has 0 aliphatic carbocycles. The van der Waals surface area contributed by atoms with Gasteiger partial charge >= 0.3 is 5.97 Å². The largest absolute Gasteiger partial charge is 0.496 e.